The Labute approximate surface area is 74.4 Å². The molecular formula is C8H9NO2S. The number of aryl methyl sites for hydroxylation is 1. The van der Waals surface area contributed by atoms with E-state index in [1.807, 2.05) is 6.92 Å². The molecule has 0 aromatic carbocycles. The maximum atomic E-state index is 10.8. The number of esters is 1. The summed E-state index contributed by atoms with van der Waals surface area (Å²) in [6.07, 6.45) is 1.33. The van der Waals surface area contributed by atoms with Gasteiger partial charge < -0.3 is 4.74 Å². The number of carbonyl (C=O) groups excluding carboxylic acids is 1. The molecule has 1 fully saturated rings. The predicted octanol–water partition coefficient (Wildman–Crippen LogP) is 1.83. The van der Waals surface area contributed by atoms with Crippen molar-refractivity contribution >= 4 is 17.3 Å². The molecule has 4 heteroatoms. The molecule has 3 nitrogen and oxygen atoms in total. The summed E-state index contributed by atoms with van der Waals surface area (Å²) in [5, 5.41) is 0. The minimum Gasteiger partial charge on any atom is -0.457 e. The lowest BCUT2D eigenvalue weighted by atomic mass is 10.2. The topological polar surface area (TPSA) is 39.2 Å². The molecule has 0 aliphatic carbocycles. The molecule has 2 heterocycles. The van der Waals surface area contributed by atoms with Crippen molar-refractivity contribution in [2.24, 2.45) is 0 Å². The third-order valence-corrected chi connectivity index (χ3v) is 2.98. The summed E-state index contributed by atoms with van der Waals surface area (Å²) < 4.78 is 5.12. The fraction of sp³-hybridized carbons (Fsp3) is 0.500. The molecule has 0 N–H and O–H groups in total. The summed E-state index contributed by atoms with van der Waals surface area (Å²) in [4.78, 5) is 16.0. The second-order valence-electron chi connectivity index (χ2n) is 2.82. The average molecular weight is 183 g/mol. The maximum Gasteiger partial charge on any atom is 0.306 e. The Morgan fingerprint density at radius 1 is 1.75 bits per heavy atom. The number of carbonyl (C=O) groups is 1. The Bertz CT molecular complexity index is 308. The molecule has 2 rings (SSSR count). The van der Waals surface area contributed by atoms with Crippen LogP contribution < -0.4 is 0 Å². The van der Waals surface area contributed by atoms with Crippen LogP contribution in [-0.2, 0) is 9.53 Å². The summed E-state index contributed by atoms with van der Waals surface area (Å²) in [5.41, 5.74) is 2.77. The fourth-order valence-electron chi connectivity index (χ4n) is 1.33. The SMILES string of the molecule is Cc1ncsc1[C@@H]1CCC(=O)O1. The van der Waals surface area contributed by atoms with E-state index in [0.29, 0.717) is 6.42 Å². The van der Waals surface area contributed by atoms with E-state index in [0.717, 1.165) is 17.0 Å². The number of cyclic esters (lactones) is 1. The van der Waals surface area contributed by atoms with Crippen LogP contribution in [0.4, 0.5) is 0 Å². The second kappa shape index (κ2) is 2.86. The van der Waals surface area contributed by atoms with Crippen LogP contribution in [0, 0.1) is 6.92 Å². The zero-order valence-electron chi connectivity index (χ0n) is 6.74. The fourth-order valence-corrected chi connectivity index (χ4v) is 2.20. The van der Waals surface area contributed by atoms with Crippen LogP contribution in [0.25, 0.3) is 0 Å². The Balaban J connectivity index is 2.21. The van der Waals surface area contributed by atoms with Crippen molar-refractivity contribution in [1.82, 2.24) is 4.98 Å². The normalized spacial score (nSPS) is 22.8. The minimum atomic E-state index is -0.0900. The van der Waals surface area contributed by atoms with Gasteiger partial charge in [-0.25, -0.2) is 4.98 Å². The highest BCUT2D eigenvalue weighted by Crippen LogP contribution is 2.33. The molecule has 0 radical (unpaired) electrons. The number of hydrogen-bond acceptors (Lipinski definition) is 4. The van der Waals surface area contributed by atoms with Crippen LogP contribution in [0.5, 0.6) is 0 Å². The lowest BCUT2D eigenvalue weighted by Gasteiger charge is -2.05. The Kier molecular flexibility index (Phi) is 1.84. The Morgan fingerprint density at radius 2 is 2.58 bits per heavy atom. The molecular weight excluding hydrogens is 174 g/mol. The molecule has 1 aromatic heterocycles. The average Bonchev–Trinajstić information content (AvgIpc) is 2.58. The van der Waals surface area contributed by atoms with Gasteiger partial charge in [-0.05, 0) is 13.3 Å². The van der Waals surface area contributed by atoms with E-state index in [1.165, 1.54) is 0 Å². The molecule has 1 saturated heterocycles. The number of thiazole rings is 1. The van der Waals surface area contributed by atoms with Crippen molar-refractivity contribution < 1.29 is 9.53 Å². The van der Waals surface area contributed by atoms with Gasteiger partial charge >= 0.3 is 5.97 Å². The van der Waals surface area contributed by atoms with Crippen LogP contribution in [0.1, 0.15) is 29.5 Å². The molecule has 1 aliphatic rings. The number of hydrogen-bond donors (Lipinski definition) is 0. The molecule has 0 unspecified atom stereocenters. The third kappa shape index (κ3) is 1.22. The number of rotatable bonds is 1. The second-order valence-corrected chi connectivity index (χ2v) is 3.71. The quantitative estimate of drug-likeness (QED) is 0.623. The van der Waals surface area contributed by atoms with Gasteiger partial charge in [0.05, 0.1) is 16.1 Å². The molecule has 0 saturated carbocycles. The highest BCUT2D eigenvalue weighted by Gasteiger charge is 2.27. The molecule has 12 heavy (non-hydrogen) atoms. The highest BCUT2D eigenvalue weighted by atomic mass is 32.1. The van der Waals surface area contributed by atoms with Crippen molar-refractivity contribution in [3.8, 4) is 0 Å². The van der Waals surface area contributed by atoms with E-state index in [-0.39, 0.29) is 12.1 Å². The van der Waals surface area contributed by atoms with Crippen molar-refractivity contribution in [2.75, 3.05) is 0 Å². The molecule has 1 aliphatic heterocycles. The Morgan fingerprint density at radius 3 is 3.08 bits per heavy atom. The van der Waals surface area contributed by atoms with Gasteiger partial charge in [-0.2, -0.15) is 0 Å². The molecule has 64 valence electrons. The van der Waals surface area contributed by atoms with E-state index in [4.69, 9.17) is 4.74 Å². The zero-order valence-corrected chi connectivity index (χ0v) is 7.56. The van der Waals surface area contributed by atoms with Gasteiger partial charge in [0.25, 0.3) is 0 Å². The molecule has 1 aromatic rings. The van der Waals surface area contributed by atoms with E-state index in [2.05, 4.69) is 4.98 Å². The monoisotopic (exact) mass is 183 g/mol. The molecule has 1 atom stereocenters. The largest absolute Gasteiger partial charge is 0.457 e. The highest BCUT2D eigenvalue weighted by molar-refractivity contribution is 7.09. The summed E-state index contributed by atoms with van der Waals surface area (Å²) in [6, 6.07) is 0. The maximum absolute atomic E-state index is 10.8. The van der Waals surface area contributed by atoms with Crippen molar-refractivity contribution in [1.29, 1.82) is 0 Å². The van der Waals surface area contributed by atoms with E-state index in [9.17, 15) is 4.79 Å². The standard InChI is InChI=1S/C8H9NO2S/c1-5-8(12-4-9-5)6-2-3-7(10)11-6/h4,6H,2-3H2,1H3/t6-/m0/s1. The van der Waals surface area contributed by atoms with Crippen LogP contribution in [0.2, 0.25) is 0 Å². The van der Waals surface area contributed by atoms with Crippen LogP contribution >= 0.6 is 11.3 Å². The van der Waals surface area contributed by atoms with Gasteiger partial charge in [0.15, 0.2) is 0 Å². The van der Waals surface area contributed by atoms with Crippen molar-refractivity contribution in [3.63, 3.8) is 0 Å². The third-order valence-electron chi connectivity index (χ3n) is 1.96. The number of nitrogens with zero attached hydrogens (tertiary/aromatic N) is 1. The lowest BCUT2D eigenvalue weighted by molar-refractivity contribution is -0.141. The summed E-state index contributed by atoms with van der Waals surface area (Å²) in [6.45, 7) is 1.94. The van der Waals surface area contributed by atoms with Crippen molar-refractivity contribution in [2.45, 2.75) is 25.9 Å². The Hall–Kier alpha value is -0.900. The summed E-state index contributed by atoms with van der Waals surface area (Å²) in [7, 11) is 0. The molecule has 0 spiro atoms. The van der Waals surface area contributed by atoms with Gasteiger partial charge in [-0.3, -0.25) is 4.79 Å². The van der Waals surface area contributed by atoms with Gasteiger partial charge in [0, 0.05) is 6.42 Å². The van der Waals surface area contributed by atoms with E-state index >= 15 is 0 Å². The minimum absolute atomic E-state index is 0.0231. The lowest BCUT2D eigenvalue weighted by Crippen LogP contribution is -1.97. The first-order valence-electron chi connectivity index (χ1n) is 3.87. The first-order chi connectivity index (χ1) is 5.77. The van der Waals surface area contributed by atoms with Crippen LogP contribution in [0.15, 0.2) is 5.51 Å². The number of aromatic nitrogens is 1. The smallest absolute Gasteiger partial charge is 0.306 e. The van der Waals surface area contributed by atoms with Crippen LogP contribution in [0.3, 0.4) is 0 Å². The van der Waals surface area contributed by atoms with E-state index < -0.39 is 0 Å². The van der Waals surface area contributed by atoms with Gasteiger partial charge in [0.2, 0.25) is 0 Å². The van der Waals surface area contributed by atoms with Gasteiger partial charge in [-0.15, -0.1) is 11.3 Å². The predicted molar refractivity (Wildman–Crippen MR) is 44.9 cm³/mol. The van der Waals surface area contributed by atoms with E-state index in [1.54, 1.807) is 16.8 Å². The van der Waals surface area contributed by atoms with Gasteiger partial charge in [0.1, 0.15) is 6.10 Å². The summed E-state index contributed by atoms with van der Waals surface area (Å²) in [5.74, 6) is -0.0900. The van der Waals surface area contributed by atoms with Crippen LogP contribution in [-0.4, -0.2) is 11.0 Å². The first-order valence-corrected chi connectivity index (χ1v) is 4.75. The van der Waals surface area contributed by atoms with Gasteiger partial charge in [-0.1, -0.05) is 0 Å². The summed E-state index contributed by atoms with van der Waals surface area (Å²) >= 11 is 1.56. The molecule has 0 bridgehead atoms. The van der Waals surface area contributed by atoms with Crippen molar-refractivity contribution in [3.05, 3.63) is 16.1 Å². The first kappa shape index (κ1) is 7.73. The molecule has 0 amide bonds. The zero-order chi connectivity index (χ0) is 8.55. The number of ether oxygens (including phenoxy) is 1.